The molecular formula is C16H23N3O. The first-order chi connectivity index (χ1) is 9.49. The summed E-state index contributed by atoms with van der Waals surface area (Å²) in [5.41, 5.74) is 3.22. The molecule has 4 heteroatoms. The van der Waals surface area contributed by atoms with E-state index in [-0.39, 0.29) is 0 Å². The molecule has 0 bridgehead atoms. The summed E-state index contributed by atoms with van der Waals surface area (Å²) in [6.45, 7) is 9.45. The van der Waals surface area contributed by atoms with Crippen LogP contribution in [0.3, 0.4) is 0 Å². The van der Waals surface area contributed by atoms with Crippen LogP contribution in [0.4, 0.5) is 11.6 Å². The summed E-state index contributed by atoms with van der Waals surface area (Å²) >= 11 is 0. The SMILES string of the molecule is COc1ccc(Nc2nc(C)cn2CC(C)C)c(C)c1. The number of nitrogens with zero attached hydrogens (tertiary/aromatic N) is 2. The molecule has 2 rings (SSSR count). The molecule has 0 aliphatic carbocycles. The van der Waals surface area contributed by atoms with Crippen LogP contribution in [-0.4, -0.2) is 16.7 Å². The molecule has 0 saturated carbocycles. The lowest BCUT2D eigenvalue weighted by molar-refractivity contribution is 0.414. The monoisotopic (exact) mass is 273 g/mol. The normalized spacial score (nSPS) is 10.9. The third-order valence-corrected chi connectivity index (χ3v) is 3.14. The van der Waals surface area contributed by atoms with Gasteiger partial charge in [-0.05, 0) is 43.5 Å². The zero-order valence-corrected chi connectivity index (χ0v) is 12.9. The van der Waals surface area contributed by atoms with Gasteiger partial charge >= 0.3 is 0 Å². The topological polar surface area (TPSA) is 39.1 Å². The highest BCUT2D eigenvalue weighted by Gasteiger charge is 2.09. The smallest absolute Gasteiger partial charge is 0.207 e. The molecule has 108 valence electrons. The minimum absolute atomic E-state index is 0.584. The molecule has 2 aromatic rings. The van der Waals surface area contributed by atoms with Crippen molar-refractivity contribution in [1.82, 2.24) is 9.55 Å². The Morgan fingerprint density at radius 3 is 2.65 bits per heavy atom. The largest absolute Gasteiger partial charge is 0.497 e. The number of ether oxygens (including phenoxy) is 1. The minimum Gasteiger partial charge on any atom is -0.497 e. The molecule has 0 radical (unpaired) electrons. The summed E-state index contributed by atoms with van der Waals surface area (Å²) < 4.78 is 7.40. The molecule has 0 fully saturated rings. The number of aromatic nitrogens is 2. The average molecular weight is 273 g/mol. The standard InChI is InChI=1S/C16H23N3O/c1-11(2)9-19-10-13(4)17-16(19)18-15-7-6-14(20-5)8-12(15)3/h6-8,10-11H,9H2,1-5H3,(H,17,18). The van der Waals surface area contributed by atoms with E-state index in [0.29, 0.717) is 5.92 Å². The second kappa shape index (κ2) is 5.99. The molecule has 0 spiro atoms. The zero-order chi connectivity index (χ0) is 14.7. The van der Waals surface area contributed by atoms with Crippen LogP contribution in [-0.2, 0) is 6.54 Å². The Labute approximate surface area is 120 Å². The van der Waals surface area contributed by atoms with Crippen LogP contribution in [0.25, 0.3) is 0 Å². The van der Waals surface area contributed by atoms with Gasteiger partial charge in [-0.2, -0.15) is 0 Å². The van der Waals surface area contributed by atoms with Crippen LogP contribution in [0.15, 0.2) is 24.4 Å². The van der Waals surface area contributed by atoms with Gasteiger partial charge in [0.05, 0.1) is 12.8 Å². The quantitative estimate of drug-likeness (QED) is 0.897. The van der Waals surface area contributed by atoms with Crippen LogP contribution in [0, 0.1) is 19.8 Å². The maximum atomic E-state index is 5.23. The van der Waals surface area contributed by atoms with Crippen LogP contribution in [0.1, 0.15) is 25.1 Å². The number of imidazole rings is 1. The van der Waals surface area contributed by atoms with Crippen LogP contribution in [0.2, 0.25) is 0 Å². The molecule has 0 aliphatic heterocycles. The summed E-state index contributed by atoms with van der Waals surface area (Å²) in [6, 6.07) is 6.00. The third kappa shape index (κ3) is 3.32. The van der Waals surface area contributed by atoms with E-state index in [0.717, 1.165) is 35.2 Å². The number of hydrogen-bond acceptors (Lipinski definition) is 3. The first kappa shape index (κ1) is 14.4. The van der Waals surface area contributed by atoms with E-state index in [9.17, 15) is 0 Å². The molecule has 20 heavy (non-hydrogen) atoms. The van der Waals surface area contributed by atoms with Crippen molar-refractivity contribution in [2.24, 2.45) is 5.92 Å². The molecule has 1 N–H and O–H groups in total. The lowest BCUT2D eigenvalue weighted by atomic mass is 10.2. The molecule has 0 amide bonds. The predicted octanol–water partition coefficient (Wildman–Crippen LogP) is 3.91. The summed E-state index contributed by atoms with van der Waals surface area (Å²) in [5.74, 6) is 2.35. The lowest BCUT2D eigenvalue weighted by Gasteiger charge is -2.13. The van der Waals surface area contributed by atoms with E-state index in [1.807, 2.05) is 25.1 Å². The summed E-state index contributed by atoms with van der Waals surface area (Å²) in [5, 5.41) is 3.41. The Balaban J connectivity index is 2.25. The molecule has 4 nitrogen and oxygen atoms in total. The molecule has 1 aromatic carbocycles. The lowest BCUT2D eigenvalue weighted by Crippen LogP contribution is -2.08. The highest BCUT2D eigenvalue weighted by molar-refractivity contribution is 5.60. The van der Waals surface area contributed by atoms with Crippen LogP contribution < -0.4 is 10.1 Å². The third-order valence-electron chi connectivity index (χ3n) is 3.14. The van der Waals surface area contributed by atoms with Crippen molar-refractivity contribution in [2.75, 3.05) is 12.4 Å². The zero-order valence-electron chi connectivity index (χ0n) is 12.9. The highest BCUT2D eigenvalue weighted by atomic mass is 16.5. The average Bonchev–Trinajstić information content (AvgIpc) is 2.71. The molecule has 0 unspecified atom stereocenters. The molecule has 1 aromatic heterocycles. The van der Waals surface area contributed by atoms with Crippen molar-refractivity contribution in [3.63, 3.8) is 0 Å². The fourth-order valence-corrected chi connectivity index (χ4v) is 2.20. The van der Waals surface area contributed by atoms with Crippen LogP contribution >= 0.6 is 0 Å². The van der Waals surface area contributed by atoms with Gasteiger partial charge in [0.2, 0.25) is 5.95 Å². The molecule has 0 aliphatic rings. The van der Waals surface area contributed by atoms with E-state index in [2.05, 4.69) is 41.8 Å². The van der Waals surface area contributed by atoms with Crippen LogP contribution in [0.5, 0.6) is 5.75 Å². The van der Waals surface area contributed by atoms with E-state index >= 15 is 0 Å². The molecule has 0 saturated heterocycles. The Morgan fingerprint density at radius 2 is 2.05 bits per heavy atom. The highest BCUT2D eigenvalue weighted by Crippen LogP contribution is 2.24. The van der Waals surface area contributed by atoms with Crippen molar-refractivity contribution in [3.8, 4) is 5.75 Å². The van der Waals surface area contributed by atoms with Crippen molar-refractivity contribution < 1.29 is 4.74 Å². The number of methoxy groups -OCH3 is 1. The van der Waals surface area contributed by atoms with Gasteiger partial charge in [-0.3, -0.25) is 0 Å². The van der Waals surface area contributed by atoms with Gasteiger partial charge < -0.3 is 14.6 Å². The van der Waals surface area contributed by atoms with Gasteiger partial charge in [0.25, 0.3) is 0 Å². The predicted molar refractivity (Wildman–Crippen MR) is 82.8 cm³/mol. The Bertz CT molecular complexity index is 587. The second-order valence-corrected chi connectivity index (χ2v) is 5.56. The number of nitrogens with one attached hydrogen (secondary N) is 1. The van der Waals surface area contributed by atoms with Gasteiger partial charge in [-0.15, -0.1) is 0 Å². The molecular weight excluding hydrogens is 250 g/mol. The van der Waals surface area contributed by atoms with Gasteiger partial charge in [0.1, 0.15) is 5.75 Å². The van der Waals surface area contributed by atoms with Crippen molar-refractivity contribution in [3.05, 3.63) is 35.7 Å². The van der Waals surface area contributed by atoms with Crippen molar-refractivity contribution in [1.29, 1.82) is 0 Å². The van der Waals surface area contributed by atoms with Gasteiger partial charge in [0.15, 0.2) is 0 Å². The molecule has 0 atom stereocenters. The number of hydrogen-bond donors (Lipinski definition) is 1. The van der Waals surface area contributed by atoms with E-state index < -0.39 is 0 Å². The van der Waals surface area contributed by atoms with E-state index in [1.165, 1.54) is 0 Å². The first-order valence-electron chi connectivity index (χ1n) is 6.95. The van der Waals surface area contributed by atoms with Crippen molar-refractivity contribution in [2.45, 2.75) is 34.2 Å². The number of anilines is 2. The van der Waals surface area contributed by atoms with E-state index in [4.69, 9.17) is 4.74 Å². The Kier molecular flexibility index (Phi) is 4.32. The van der Waals surface area contributed by atoms with Gasteiger partial charge in [0, 0.05) is 18.4 Å². The number of rotatable bonds is 5. The second-order valence-electron chi connectivity index (χ2n) is 5.56. The van der Waals surface area contributed by atoms with Gasteiger partial charge in [-0.1, -0.05) is 13.8 Å². The van der Waals surface area contributed by atoms with Gasteiger partial charge in [-0.25, -0.2) is 4.98 Å². The summed E-state index contributed by atoms with van der Waals surface area (Å²) in [6.07, 6.45) is 2.08. The number of benzene rings is 1. The number of aryl methyl sites for hydroxylation is 2. The fraction of sp³-hybridized carbons (Fsp3) is 0.438. The summed E-state index contributed by atoms with van der Waals surface area (Å²) in [4.78, 5) is 4.56. The first-order valence-corrected chi connectivity index (χ1v) is 6.95. The molecule has 1 heterocycles. The minimum atomic E-state index is 0.584. The Hall–Kier alpha value is -1.97. The maximum absolute atomic E-state index is 5.23. The Morgan fingerprint density at radius 1 is 1.30 bits per heavy atom. The van der Waals surface area contributed by atoms with E-state index in [1.54, 1.807) is 7.11 Å². The summed E-state index contributed by atoms with van der Waals surface area (Å²) in [7, 11) is 1.68. The fourth-order valence-electron chi connectivity index (χ4n) is 2.20. The van der Waals surface area contributed by atoms with Crippen molar-refractivity contribution >= 4 is 11.6 Å². The maximum Gasteiger partial charge on any atom is 0.207 e.